The van der Waals surface area contributed by atoms with Gasteiger partial charge in [-0.15, -0.1) is 0 Å². The summed E-state index contributed by atoms with van der Waals surface area (Å²) in [6.07, 6.45) is 5.58. The number of amides is 1. The molecule has 2 rings (SSSR count). The van der Waals surface area contributed by atoms with Gasteiger partial charge in [-0.05, 0) is 43.4 Å². The number of piperidine rings is 1. The van der Waals surface area contributed by atoms with Crippen molar-refractivity contribution in [2.24, 2.45) is 16.5 Å². The quantitative estimate of drug-likeness (QED) is 0.752. The summed E-state index contributed by atoms with van der Waals surface area (Å²) in [5.41, 5.74) is 0.415. The van der Waals surface area contributed by atoms with Crippen molar-refractivity contribution in [1.29, 1.82) is 0 Å². The van der Waals surface area contributed by atoms with E-state index in [1.807, 2.05) is 0 Å². The van der Waals surface area contributed by atoms with Gasteiger partial charge in [-0.1, -0.05) is 6.92 Å². The third-order valence-corrected chi connectivity index (χ3v) is 5.67. The molecule has 1 heterocycles. The fourth-order valence-corrected chi connectivity index (χ4v) is 3.31. The van der Waals surface area contributed by atoms with Gasteiger partial charge in [0.1, 0.15) is 0 Å². The Morgan fingerprint density at radius 1 is 1.35 bits per heavy atom. The molecule has 116 valence electrons. The topological polar surface area (TPSA) is 92.5 Å². The highest BCUT2D eigenvalue weighted by Gasteiger charge is 2.37. The van der Waals surface area contributed by atoms with Crippen LogP contribution in [0.2, 0.25) is 0 Å². The Bertz CT molecular complexity index is 451. The zero-order valence-electron chi connectivity index (χ0n) is 12.1. The maximum absolute atomic E-state index is 11.7. The van der Waals surface area contributed by atoms with Crippen LogP contribution in [0.5, 0.6) is 0 Å². The summed E-state index contributed by atoms with van der Waals surface area (Å²) in [5, 5.41) is 8.06. The van der Waals surface area contributed by atoms with E-state index in [-0.39, 0.29) is 5.91 Å². The van der Waals surface area contributed by atoms with Gasteiger partial charge >= 0.3 is 0 Å². The van der Waals surface area contributed by atoms with Crippen molar-refractivity contribution in [1.82, 2.24) is 9.62 Å². The van der Waals surface area contributed by atoms with Gasteiger partial charge in [0.05, 0.1) is 0 Å². The Hall–Kier alpha value is -0.660. The van der Waals surface area contributed by atoms with Crippen LogP contribution in [-0.4, -0.2) is 38.3 Å². The highest BCUT2D eigenvalue weighted by atomic mass is 32.2. The van der Waals surface area contributed by atoms with Gasteiger partial charge < -0.3 is 5.32 Å². The second kappa shape index (κ2) is 5.99. The van der Waals surface area contributed by atoms with Crippen molar-refractivity contribution in [2.45, 2.75) is 45.4 Å². The maximum Gasteiger partial charge on any atom is 0.276 e. The highest BCUT2D eigenvalue weighted by Crippen LogP contribution is 2.48. The molecule has 3 N–H and O–H groups in total. The summed E-state index contributed by atoms with van der Waals surface area (Å²) >= 11 is 0. The molecule has 0 atom stereocenters. The van der Waals surface area contributed by atoms with E-state index in [0.29, 0.717) is 37.4 Å². The molecule has 0 aromatic carbocycles. The molecule has 0 unspecified atom stereocenters. The molecule has 0 aromatic rings. The van der Waals surface area contributed by atoms with E-state index in [4.69, 9.17) is 5.14 Å². The maximum atomic E-state index is 11.7. The Morgan fingerprint density at radius 3 is 2.45 bits per heavy atom. The molecule has 2 fully saturated rings. The third-order valence-electron chi connectivity index (χ3n) is 4.58. The first kappa shape index (κ1) is 15.7. The van der Waals surface area contributed by atoms with Gasteiger partial charge in [0, 0.05) is 26.1 Å². The number of rotatable bonds is 6. The van der Waals surface area contributed by atoms with Crippen molar-refractivity contribution < 1.29 is 13.2 Å². The SMILES string of the molecule is CC1(CCC(=O)NCC2CCN(S(N)(=O)=O)CC2)CC1. The van der Waals surface area contributed by atoms with Gasteiger partial charge in [0.2, 0.25) is 5.91 Å². The van der Waals surface area contributed by atoms with Gasteiger partial charge in [-0.3, -0.25) is 4.79 Å². The predicted molar refractivity (Wildman–Crippen MR) is 77.0 cm³/mol. The van der Waals surface area contributed by atoms with Gasteiger partial charge in [0.15, 0.2) is 0 Å². The predicted octanol–water partition coefficient (Wildman–Crippen LogP) is 0.598. The van der Waals surface area contributed by atoms with Crippen LogP contribution >= 0.6 is 0 Å². The average Bonchev–Trinajstić information content (AvgIpc) is 3.12. The van der Waals surface area contributed by atoms with Crippen LogP contribution in [0.25, 0.3) is 0 Å². The Kier molecular flexibility index (Phi) is 4.71. The molecule has 1 saturated carbocycles. The summed E-state index contributed by atoms with van der Waals surface area (Å²) < 4.78 is 23.7. The van der Waals surface area contributed by atoms with Crippen LogP contribution in [0.1, 0.15) is 45.4 Å². The molecule has 1 amide bonds. The van der Waals surface area contributed by atoms with E-state index in [1.54, 1.807) is 0 Å². The lowest BCUT2D eigenvalue weighted by molar-refractivity contribution is -0.121. The molecule has 7 heteroatoms. The summed E-state index contributed by atoms with van der Waals surface area (Å²) in [6.45, 7) is 3.78. The Morgan fingerprint density at radius 2 is 1.95 bits per heavy atom. The van der Waals surface area contributed by atoms with E-state index in [9.17, 15) is 13.2 Å². The van der Waals surface area contributed by atoms with Gasteiger partial charge in [-0.2, -0.15) is 12.7 Å². The number of carbonyl (C=O) groups excluding carboxylic acids is 1. The van der Waals surface area contributed by atoms with E-state index in [1.165, 1.54) is 17.1 Å². The lowest BCUT2D eigenvalue weighted by atomic mass is 9.98. The fourth-order valence-electron chi connectivity index (χ4n) is 2.59. The molecule has 6 nitrogen and oxygen atoms in total. The van der Waals surface area contributed by atoms with Crippen molar-refractivity contribution >= 4 is 16.1 Å². The number of carbonyl (C=O) groups is 1. The van der Waals surface area contributed by atoms with E-state index in [2.05, 4.69) is 12.2 Å². The summed E-state index contributed by atoms with van der Waals surface area (Å²) in [7, 11) is -3.55. The molecular formula is C13H25N3O3S. The first-order valence-electron chi connectivity index (χ1n) is 7.33. The van der Waals surface area contributed by atoms with Gasteiger partial charge in [-0.25, -0.2) is 5.14 Å². The lowest BCUT2D eigenvalue weighted by Crippen LogP contribution is -2.44. The molecule has 2 aliphatic rings. The van der Waals surface area contributed by atoms with Gasteiger partial charge in [0.25, 0.3) is 10.2 Å². The van der Waals surface area contributed by atoms with Crippen LogP contribution in [0.15, 0.2) is 0 Å². The second-order valence-corrected chi connectivity index (χ2v) is 8.05. The first-order chi connectivity index (χ1) is 9.28. The highest BCUT2D eigenvalue weighted by molar-refractivity contribution is 7.86. The summed E-state index contributed by atoms with van der Waals surface area (Å²) in [6, 6.07) is 0. The van der Waals surface area contributed by atoms with Crippen LogP contribution in [-0.2, 0) is 15.0 Å². The Labute approximate surface area is 121 Å². The minimum Gasteiger partial charge on any atom is -0.356 e. The molecule has 0 aromatic heterocycles. The number of hydrogen-bond acceptors (Lipinski definition) is 3. The minimum absolute atomic E-state index is 0.118. The van der Waals surface area contributed by atoms with Crippen LogP contribution in [0.3, 0.4) is 0 Å². The molecule has 1 aliphatic heterocycles. The summed E-state index contributed by atoms with van der Waals surface area (Å²) in [5.74, 6) is 0.473. The van der Waals surface area contributed by atoms with Crippen LogP contribution < -0.4 is 10.5 Å². The third kappa shape index (κ3) is 4.71. The molecule has 0 spiro atoms. The molecule has 20 heavy (non-hydrogen) atoms. The standard InChI is InChI=1S/C13H25N3O3S/c1-13(6-7-13)5-2-12(17)15-10-11-3-8-16(9-4-11)20(14,18)19/h11H,2-10H2,1H3,(H,15,17)(H2,14,18,19). The molecular weight excluding hydrogens is 278 g/mol. The van der Waals surface area contributed by atoms with E-state index < -0.39 is 10.2 Å². The molecule has 1 saturated heterocycles. The zero-order chi connectivity index (χ0) is 14.8. The Balaban J connectivity index is 1.62. The van der Waals surface area contributed by atoms with E-state index >= 15 is 0 Å². The largest absolute Gasteiger partial charge is 0.356 e. The zero-order valence-corrected chi connectivity index (χ0v) is 12.9. The number of nitrogens with one attached hydrogen (secondary N) is 1. The van der Waals surface area contributed by atoms with Crippen LogP contribution in [0.4, 0.5) is 0 Å². The number of nitrogens with zero attached hydrogens (tertiary/aromatic N) is 1. The molecule has 1 aliphatic carbocycles. The number of nitrogens with two attached hydrogens (primary N) is 1. The van der Waals surface area contributed by atoms with Crippen molar-refractivity contribution in [2.75, 3.05) is 19.6 Å². The van der Waals surface area contributed by atoms with Crippen molar-refractivity contribution in [3.8, 4) is 0 Å². The van der Waals surface area contributed by atoms with E-state index in [0.717, 1.165) is 19.3 Å². The van der Waals surface area contributed by atoms with Crippen molar-refractivity contribution in [3.05, 3.63) is 0 Å². The molecule has 0 bridgehead atoms. The van der Waals surface area contributed by atoms with Crippen LogP contribution in [0, 0.1) is 11.3 Å². The lowest BCUT2D eigenvalue weighted by Gasteiger charge is -2.29. The monoisotopic (exact) mass is 303 g/mol. The molecule has 0 radical (unpaired) electrons. The second-order valence-electron chi connectivity index (χ2n) is 6.50. The minimum atomic E-state index is -3.55. The normalized spacial score (nSPS) is 23.5. The average molecular weight is 303 g/mol. The fraction of sp³-hybridized carbons (Fsp3) is 0.923. The summed E-state index contributed by atoms with van der Waals surface area (Å²) in [4.78, 5) is 11.7. The smallest absolute Gasteiger partial charge is 0.276 e. The first-order valence-corrected chi connectivity index (χ1v) is 8.83. The van der Waals surface area contributed by atoms with Crippen molar-refractivity contribution in [3.63, 3.8) is 0 Å². The number of hydrogen-bond donors (Lipinski definition) is 2.